The van der Waals surface area contributed by atoms with E-state index >= 15 is 0 Å². The smallest absolute Gasteiger partial charge is 0.0855 e. The van der Waals surface area contributed by atoms with Crippen LogP contribution >= 0.6 is 0 Å². The fourth-order valence-electron chi connectivity index (χ4n) is 2.97. The summed E-state index contributed by atoms with van der Waals surface area (Å²) in [5, 5.41) is 3.69. The van der Waals surface area contributed by atoms with Crippen molar-refractivity contribution in [2.45, 2.75) is 44.8 Å². The number of ether oxygens (including phenoxy) is 1. The van der Waals surface area contributed by atoms with E-state index in [-0.39, 0.29) is 0 Å². The summed E-state index contributed by atoms with van der Waals surface area (Å²) < 4.78 is 6.01. The lowest BCUT2D eigenvalue weighted by atomic mass is 10.00. The van der Waals surface area contributed by atoms with Gasteiger partial charge in [-0.25, -0.2) is 0 Å². The summed E-state index contributed by atoms with van der Waals surface area (Å²) in [5.41, 5.74) is 1.44. The summed E-state index contributed by atoms with van der Waals surface area (Å²) >= 11 is 0. The third-order valence-electron chi connectivity index (χ3n) is 4.23. The Bertz CT molecular complexity index is 382. The molecule has 2 atom stereocenters. The highest BCUT2D eigenvalue weighted by molar-refractivity contribution is 5.14. The minimum absolute atomic E-state index is 0.339. The first-order valence-corrected chi connectivity index (χ1v) is 8.37. The monoisotopic (exact) mass is 290 g/mol. The number of nitrogens with one attached hydrogen (secondary N) is 1. The van der Waals surface area contributed by atoms with Gasteiger partial charge in [-0.1, -0.05) is 37.3 Å². The molecule has 2 unspecified atom stereocenters. The van der Waals surface area contributed by atoms with E-state index in [4.69, 9.17) is 4.74 Å². The van der Waals surface area contributed by atoms with Crippen LogP contribution in [0.5, 0.6) is 0 Å². The summed E-state index contributed by atoms with van der Waals surface area (Å²) in [6, 6.07) is 11.3. The zero-order chi connectivity index (χ0) is 14.9. The maximum absolute atomic E-state index is 6.01. The lowest BCUT2D eigenvalue weighted by Crippen LogP contribution is -2.51. The van der Waals surface area contributed by atoms with E-state index in [0.717, 1.165) is 32.7 Å². The fraction of sp³-hybridized carbons (Fsp3) is 0.667. The molecule has 1 heterocycles. The van der Waals surface area contributed by atoms with Gasteiger partial charge in [0.2, 0.25) is 0 Å². The first kappa shape index (κ1) is 16.5. The van der Waals surface area contributed by atoms with Gasteiger partial charge in [0.05, 0.1) is 12.7 Å². The number of morpholine rings is 1. The highest BCUT2D eigenvalue weighted by atomic mass is 16.5. The van der Waals surface area contributed by atoms with Crippen LogP contribution in [0.3, 0.4) is 0 Å². The van der Waals surface area contributed by atoms with Gasteiger partial charge in [-0.2, -0.15) is 0 Å². The summed E-state index contributed by atoms with van der Waals surface area (Å²) in [4.78, 5) is 2.38. The molecule has 3 heteroatoms. The molecular weight excluding hydrogens is 260 g/mol. The van der Waals surface area contributed by atoms with Crippen molar-refractivity contribution in [2.75, 3.05) is 33.3 Å². The Kier molecular flexibility index (Phi) is 7.20. The second kappa shape index (κ2) is 9.19. The lowest BCUT2D eigenvalue weighted by Gasteiger charge is -2.35. The number of nitrogens with zero attached hydrogens (tertiary/aromatic N) is 1. The van der Waals surface area contributed by atoms with Crippen LogP contribution in [-0.2, 0) is 11.2 Å². The molecule has 1 aliphatic heterocycles. The summed E-state index contributed by atoms with van der Waals surface area (Å²) in [7, 11) is 2.19. The second-order valence-electron chi connectivity index (χ2n) is 6.11. The molecule has 0 saturated carbocycles. The lowest BCUT2D eigenvalue weighted by molar-refractivity contribution is -0.0401. The highest BCUT2D eigenvalue weighted by Gasteiger charge is 2.25. The fourth-order valence-corrected chi connectivity index (χ4v) is 2.97. The Labute approximate surface area is 129 Å². The van der Waals surface area contributed by atoms with Crippen molar-refractivity contribution in [3.8, 4) is 0 Å². The van der Waals surface area contributed by atoms with Gasteiger partial charge < -0.3 is 15.0 Å². The van der Waals surface area contributed by atoms with Crippen LogP contribution in [0.15, 0.2) is 30.3 Å². The number of hydrogen-bond acceptors (Lipinski definition) is 3. The number of rotatable bonds is 8. The molecule has 0 radical (unpaired) electrons. The molecular formula is C18H30N2O. The topological polar surface area (TPSA) is 24.5 Å². The molecule has 1 saturated heterocycles. The molecule has 0 aliphatic carbocycles. The third-order valence-corrected chi connectivity index (χ3v) is 4.23. The maximum Gasteiger partial charge on any atom is 0.0855 e. The predicted octanol–water partition coefficient (Wildman–Crippen LogP) is 2.71. The maximum atomic E-state index is 6.01. The second-order valence-corrected chi connectivity index (χ2v) is 6.11. The van der Waals surface area contributed by atoms with Gasteiger partial charge in [0.1, 0.15) is 0 Å². The van der Waals surface area contributed by atoms with Crippen molar-refractivity contribution in [1.29, 1.82) is 0 Å². The molecule has 1 fully saturated rings. The van der Waals surface area contributed by atoms with Crippen LogP contribution in [0.1, 0.15) is 31.7 Å². The first-order chi connectivity index (χ1) is 10.3. The number of hydrogen-bond donors (Lipinski definition) is 1. The Hall–Kier alpha value is -0.900. The molecule has 3 nitrogen and oxygen atoms in total. The van der Waals surface area contributed by atoms with Gasteiger partial charge in [0.15, 0.2) is 0 Å². The Balaban J connectivity index is 1.81. The molecule has 0 amide bonds. The molecule has 2 rings (SSSR count). The van der Waals surface area contributed by atoms with Gasteiger partial charge in [-0.05, 0) is 44.8 Å². The average Bonchev–Trinajstić information content (AvgIpc) is 2.51. The molecule has 1 aromatic carbocycles. The normalized spacial score (nSPS) is 21.3. The van der Waals surface area contributed by atoms with Crippen molar-refractivity contribution in [3.63, 3.8) is 0 Å². The largest absolute Gasteiger partial charge is 0.374 e. The summed E-state index contributed by atoms with van der Waals surface area (Å²) in [6.45, 7) is 6.28. The van der Waals surface area contributed by atoms with Crippen LogP contribution in [0.2, 0.25) is 0 Å². The van der Waals surface area contributed by atoms with E-state index < -0.39 is 0 Å². The molecule has 0 aromatic heterocycles. The Morgan fingerprint density at radius 2 is 2.14 bits per heavy atom. The Morgan fingerprint density at radius 3 is 2.86 bits per heavy atom. The number of aryl methyl sites for hydroxylation is 1. The summed E-state index contributed by atoms with van der Waals surface area (Å²) in [5.74, 6) is 0. The van der Waals surface area contributed by atoms with E-state index in [0.29, 0.717) is 12.1 Å². The van der Waals surface area contributed by atoms with Crippen LogP contribution in [0, 0.1) is 0 Å². The van der Waals surface area contributed by atoms with Crippen LogP contribution in [0.25, 0.3) is 0 Å². The van der Waals surface area contributed by atoms with E-state index in [2.05, 4.69) is 54.5 Å². The van der Waals surface area contributed by atoms with Crippen molar-refractivity contribution in [1.82, 2.24) is 10.2 Å². The quantitative estimate of drug-likeness (QED) is 0.797. The van der Waals surface area contributed by atoms with Gasteiger partial charge in [0, 0.05) is 19.1 Å². The van der Waals surface area contributed by atoms with E-state index in [1.807, 2.05) is 0 Å². The van der Waals surface area contributed by atoms with Gasteiger partial charge in [0.25, 0.3) is 0 Å². The third kappa shape index (κ3) is 5.77. The van der Waals surface area contributed by atoms with Crippen LogP contribution in [-0.4, -0.2) is 50.3 Å². The average molecular weight is 290 g/mol. The molecule has 1 aromatic rings. The molecule has 1 aliphatic rings. The Morgan fingerprint density at radius 1 is 1.33 bits per heavy atom. The molecule has 0 bridgehead atoms. The van der Waals surface area contributed by atoms with Crippen molar-refractivity contribution >= 4 is 0 Å². The molecule has 0 spiro atoms. The van der Waals surface area contributed by atoms with Gasteiger partial charge in [-0.15, -0.1) is 0 Å². The van der Waals surface area contributed by atoms with Crippen molar-refractivity contribution in [3.05, 3.63) is 35.9 Å². The number of likely N-dealkylation sites (N-methyl/N-ethyl adjacent to an activating group) is 1. The predicted molar refractivity (Wildman–Crippen MR) is 88.7 cm³/mol. The standard InChI is InChI=1S/C18H30N2O/c1-3-12-19-17(18-15-20(2)13-14-21-18)11-7-10-16-8-5-4-6-9-16/h4-6,8-9,17-19H,3,7,10-15H2,1-2H3. The number of benzene rings is 1. The summed E-state index contributed by atoms with van der Waals surface area (Å²) in [6.07, 6.45) is 5.08. The zero-order valence-electron chi connectivity index (χ0n) is 13.6. The van der Waals surface area contributed by atoms with Crippen molar-refractivity contribution in [2.24, 2.45) is 0 Å². The van der Waals surface area contributed by atoms with E-state index in [1.165, 1.54) is 24.8 Å². The SMILES string of the molecule is CCCNC(CCCc1ccccc1)C1CN(C)CCO1. The van der Waals surface area contributed by atoms with E-state index in [1.54, 1.807) is 0 Å². The molecule has 1 N–H and O–H groups in total. The van der Waals surface area contributed by atoms with Crippen LogP contribution < -0.4 is 5.32 Å². The zero-order valence-corrected chi connectivity index (χ0v) is 13.6. The van der Waals surface area contributed by atoms with Crippen LogP contribution in [0.4, 0.5) is 0 Å². The van der Waals surface area contributed by atoms with Gasteiger partial charge in [-0.3, -0.25) is 0 Å². The molecule has 21 heavy (non-hydrogen) atoms. The first-order valence-electron chi connectivity index (χ1n) is 8.37. The van der Waals surface area contributed by atoms with Crippen molar-refractivity contribution < 1.29 is 4.74 Å². The van der Waals surface area contributed by atoms with E-state index in [9.17, 15) is 0 Å². The van der Waals surface area contributed by atoms with Gasteiger partial charge >= 0.3 is 0 Å². The molecule has 118 valence electrons. The minimum atomic E-state index is 0.339. The highest BCUT2D eigenvalue weighted by Crippen LogP contribution is 2.14. The minimum Gasteiger partial charge on any atom is -0.374 e.